The molecule has 0 spiro atoms. The van der Waals surface area contributed by atoms with E-state index in [9.17, 15) is 0 Å². The maximum absolute atomic E-state index is 4.79. The number of nitrogens with zero attached hydrogens (tertiary/aromatic N) is 2. The third-order valence-corrected chi connectivity index (χ3v) is 6.05. The van der Waals surface area contributed by atoms with E-state index in [0.717, 1.165) is 42.0 Å². The van der Waals surface area contributed by atoms with E-state index in [-0.39, 0.29) is 0 Å². The Balaban J connectivity index is 2.09. The van der Waals surface area contributed by atoms with Crippen molar-refractivity contribution in [3.8, 4) is 0 Å². The Labute approximate surface area is 140 Å². The van der Waals surface area contributed by atoms with Crippen molar-refractivity contribution in [1.29, 1.82) is 0 Å². The lowest BCUT2D eigenvalue weighted by molar-refractivity contribution is 0.842. The topological polar surface area (TPSA) is 37.8 Å². The Kier molecular flexibility index (Phi) is 6.87. The molecule has 112 valence electrons. The van der Waals surface area contributed by atoms with Crippen molar-refractivity contribution in [1.82, 2.24) is 9.97 Å². The fraction of sp³-hybridized carbons (Fsp3) is 0.733. The maximum Gasteiger partial charge on any atom is 0.143 e. The number of thioether (sulfide) groups is 1. The Bertz CT molecular complexity index is 406. The lowest BCUT2D eigenvalue weighted by Crippen LogP contribution is -2.10. The number of nitrogens with one attached hydrogen (secondary N) is 1. The number of anilines is 1. The SMILES string of the molecule is CCCc1nc(CSC2CCCC2)nc(NCC)c1I. The van der Waals surface area contributed by atoms with Crippen LogP contribution in [0.15, 0.2) is 0 Å². The second-order valence-electron chi connectivity index (χ2n) is 5.25. The average molecular weight is 405 g/mol. The molecule has 1 aromatic heterocycles. The normalized spacial score (nSPS) is 15.8. The van der Waals surface area contributed by atoms with E-state index in [1.54, 1.807) is 0 Å². The molecule has 1 heterocycles. The molecule has 1 aliphatic rings. The summed E-state index contributed by atoms with van der Waals surface area (Å²) in [5, 5.41) is 4.20. The first-order valence-electron chi connectivity index (χ1n) is 7.65. The van der Waals surface area contributed by atoms with Gasteiger partial charge in [-0.05, 0) is 48.8 Å². The molecule has 2 rings (SSSR count). The van der Waals surface area contributed by atoms with Crippen molar-refractivity contribution in [2.75, 3.05) is 11.9 Å². The van der Waals surface area contributed by atoms with E-state index in [2.05, 4.69) is 41.8 Å². The average Bonchev–Trinajstić information content (AvgIpc) is 2.95. The minimum Gasteiger partial charge on any atom is -0.369 e. The molecule has 0 radical (unpaired) electrons. The summed E-state index contributed by atoms with van der Waals surface area (Å²) in [6.07, 6.45) is 7.71. The van der Waals surface area contributed by atoms with Gasteiger partial charge in [0.25, 0.3) is 0 Å². The van der Waals surface area contributed by atoms with Crippen LogP contribution >= 0.6 is 34.4 Å². The number of aromatic nitrogens is 2. The van der Waals surface area contributed by atoms with Gasteiger partial charge in [0.2, 0.25) is 0 Å². The molecule has 1 aromatic rings. The monoisotopic (exact) mass is 405 g/mol. The first-order chi connectivity index (χ1) is 9.74. The van der Waals surface area contributed by atoms with Crippen LogP contribution in [0, 0.1) is 3.57 Å². The quantitative estimate of drug-likeness (QED) is 0.671. The predicted molar refractivity (Wildman–Crippen MR) is 96.5 cm³/mol. The zero-order chi connectivity index (χ0) is 14.4. The van der Waals surface area contributed by atoms with Crippen LogP contribution < -0.4 is 5.32 Å². The molecule has 3 nitrogen and oxygen atoms in total. The lowest BCUT2D eigenvalue weighted by Gasteiger charge is -2.13. The smallest absolute Gasteiger partial charge is 0.143 e. The van der Waals surface area contributed by atoms with Crippen molar-refractivity contribution in [3.05, 3.63) is 15.1 Å². The summed E-state index contributed by atoms with van der Waals surface area (Å²) >= 11 is 4.42. The highest BCUT2D eigenvalue weighted by Gasteiger charge is 2.17. The van der Waals surface area contributed by atoms with Crippen molar-refractivity contribution >= 4 is 40.2 Å². The minimum absolute atomic E-state index is 0.829. The standard InChI is InChI=1S/C15H24IN3S/c1-3-7-12-14(16)15(17-4-2)19-13(18-12)10-20-11-8-5-6-9-11/h11H,3-10H2,1-2H3,(H,17,18,19). The predicted octanol–water partition coefficient (Wildman–Crippen LogP) is 4.64. The first-order valence-corrected chi connectivity index (χ1v) is 9.78. The van der Waals surface area contributed by atoms with Crippen molar-refractivity contribution in [2.45, 2.75) is 63.4 Å². The van der Waals surface area contributed by atoms with E-state index >= 15 is 0 Å². The first kappa shape index (κ1) is 16.3. The molecule has 0 saturated heterocycles. The molecule has 0 unspecified atom stereocenters. The van der Waals surface area contributed by atoms with Crippen LogP contribution in [-0.4, -0.2) is 21.8 Å². The van der Waals surface area contributed by atoms with Gasteiger partial charge in [0.1, 0.15) is 11.6 Å². The van der Waals surface area contributed by atoms with Crippen LogP contribution in [0.3, 0.4) is 0 Å². The van der Waals surface area contributed by atoms with Crippen LogP contribution in [0.2, 0.25) is 0 Å². The molecule has 5 heteroatoms. The Morgan fingerprint density at radius 2 is 2.00 bits per heavy atom. The molecule has 1 aliphatic carbocycles. The molecule has 1 saturated carbocycles. The summed E-state index contributed by atoms with van der Waals surface area (Å²) in [4.78, 5) is 9.50. The summed E-state index contributed by atoms with van der Waals surface area (Å²) in [5.41, 5.74) is 1.21. The molecule has 1 N–H and O–H groups in total. The largest absolute Gasteiger partial charge is 0.369 e. The zero-order valence-electron chi connectivity index (χ0n) is 12.4. The number of halogens is 1. The van der Waals surface area contributed by atoms with E-state index in [1.165, 1.54) is 34.9 Å². The fourth-order valence-corrected chi connectivity index (χ4v) is 4.43. The third kappa shape index (κ3) is 4.48. The van der Waals surface area contributed by atoms with Crippen molar-refractivity contribution in [2.24, 2.45) is 0 Å². The number of aryl methyl sites for hydroxylation is 1. The highest BCUT2D eigenvalue weighted by Crippen LogP contribution is 2.31. The van der Waals surface area contributed by atoms with Crippen LogP contribution in [0.5, 0.6) is 0 Å². The summed E-state index contributed by atoms with van der Waals surface area (Å²) in [5.74, 6) is 2.98. The molecule has 0 amide bonds. The fourth-order valence-electron chi connectivity index (χ4n) is 2.54. The maximum atomic E-state index is 4.79. The highest BCUT2D eigenvalue weighted by molar-refractivity contribution is 14.1. The van der Waals surface area contributed by atoms with Crippen LogP contribution in [-0.2, 0) is 12.2 Å². The number of hydrogen-bond acceptors (Lipinski definition) is 4. The molecular formula is C15H24IN3S. The second-order valence-corrected chi connectivity index (χ2v) is 7.61. The third-order valence-electron chi connectivity index (χ3n) is 3.55. The van der Waals surface area contributed by atoms with Gasteiger partial charge in [-0.3, -0.25) is 0 Å². The van der Waals surface area contributed by atoms with Crippen molar-refractivity contribution in [3.63, 3.8) is 0 Å². The van der Waals surface area contributed by atoms with Gasteiger partial charge in [-0.1, -0.05) is 26.2 Å². The Hall–Kier alpha value is -0.0400. The number of rotatable bonds is 7. The summed E-state index contributed by atoms with van der Waals surface area (Å²) in [6.45, 7) is 5.23. The minimum atomic E-state index is 0.829. The van der Waals surface area contributed by atoms with Gasteiger partial charge >= 0.3 is 0 Å². The van der Waals surface area contributed by atoms with E-state index < -0.39 is 0 Å². The van der Waals surface area contributed by atoms with Gasteiger partial charge in [-0.15, -0.1) is 0 Å². The Morgan fingerprint density at radius 3 is 2.65 bits per heavy atom. The second kappa shape index (κ2) is 8.41. The Morgan fingerprint density at radius 1 is 1.25 bits per heavy atom. The van der Waals surface area contributed by atoms with Crippen LogP contribution in [0.1, 0.15) is 57.5 Å². The van der Waals surface area contributed by atoms with Gasteiger partial charge in [-0.2, -0.15) is 11.8 Å². The van der Waals surface area contributed by atoms with E-state index in [0.29, 0.717) is 0 Å². The van der Waals surface area contributed by atoms with Gasteiger partial charge in [0.05, 0.1) is 15.0 Å². The van der Waals surface area contributed by atoms with Gasteiger partial charge in [0, 0.05) is 11.8 Å². The summed E-state index contributed by atoms with van der Waals surface area (Å²) in [7, 11) is 0. The zero-order valence-corrected chi connectivity index (χ0v) is 15.4. The van der Waals surface area contributed by atoms with Gasteiger partial charge < -0.3 is 5.32 Å². The van der Waals surface area contributed by atoms with Crippen molar-refractivity contribution < 1.29 is 0 Å². The van der Waals surface area contributed by atoms with E-state index in [1.807, 2.05) is 11.8 Å². The summed E-state index contributed by atoms with van der Waals surface area (Å²) in [6, 6.07) is 0. The molecule has 0 bridgehead atoms. The van der Waals surface area contributed by atoms with Gasteiger partial charge in [0.15, 0.2) is 0 Å². The van der Waals surface area contributed by atoms with Gasteiger partial charge in [-0.25, -0.2) is 9.97 Å². The molecule has 20 heavy (non-hydrogen) atoms. The molecule has 0 atom stereocenters. The molecular weight excluding hydrogens is 381 g/mol. The van der Waals surface area contributed by atoms with E-state index in [4.69, 9.17) is 9.97 Å². The number of hydrogen-bond donors (Lipinski definition) is 1. The summed E-state index contributed by atoms with van der Waals surface area (Å²) < 4.78 is 1.20. The highest BCUT2D eigenvalue weighted by atomic mass is 127. The van der Waals surface area contributed by atoms with Crippen LogP contribution in [0.4, 0.5) is 5.82 Å². The molecule has 1 fully saturated rings. The molecule has 0 aliphatic heterocycles. The van der Waals surface area contributed by atoms with Crippen LogP contribution in [0.25, 0.3) is 0 Å². The lowest BCUT2D eigenvalue weighted by atomic mass is 10.2. The molecule has 0 aromatic carbocycles.